The minimum absolute atomic E-state index is 0.484. The molecule has 0 aliphatic carbocycles. The molecule has 1 aromatic heterocycles. The van der Waals surface area contributed by atoms with Crippen LogP contribution in [-0.2, 0) is 0 Å². The van der Waals surface area contributed by atoms with Gasteiger partial charge in [-0.15, -0.1) is 5.10 Å². The lowest BCUT2D eigenvalue weighted by Gasteiger charge is -2.12. The van der Waals surface area contributed by atoms with E-state index in [0.717, 1.165) is 11.1 Å². The first-order valence-corrected chi connectivity index (χ1v) is 5.25. The van der Waals surface area contributed by atoms with E-state index >= 15 is 0 Å². The molecule has 2 N–H and O–H groups in total. The molecule has 0 atom stereocenters. The molecule has 3 nitrogen and oxygen atoms in total. The first-order chi connectivity index (χ1) is 7.59. The minimum Gasteiger partial charge on any atom is -0.382 e. The van der Waals surface area contributed by atoms with Crippen molar-refractivity contribution < 1.29 is 0 Å². The number of hydrogen-bond acceptors (Lipinski definition) is 3. The summed E-state index contributed by atoms with van der Waals surface area (Å²) in [5.41, 5.74) is 11.7. The van der Waals surface area contributed by atoms with Gasteiger partial charge in [-0.2, -0.15) is 5.10 Å². The van der Waals surface area contributed by atoms with Gasteiger partial charge in [0.15, 0.2) is 5.82 Å². The number of rotatable bonds is 1. The predicted molar refractivity (Wildman–Crippen MR) is 66.1 cm³/mol. The lowest BCUT2D eigenvalue weighted by molar-refractivity contribution is 1.04. The van der Waals surface area contributed by atoms with Crippen LogP contribution in [0.3, 0.4) is 0 Å². The van der Waals surface area contributed by atoms with E-state index in [9.17, 15) is 0 Å². The Bertz CT molecular complexity index is 509. The van der Waals surface area contributed by atoms with E-state index in [0.29, 0.717) is 5.82 Å². The van der Waals surface area contributed by atoms with Crippen LogP contribution in [0.15, 0.2) is 24.4 Å². The quantitative estimate of drug-likeness (QED) is 0.792. The highest BCUT2D eigenvalue weighted by Crippen LogP contribution is 2.30. The van der Waals surface area contributed by atoms with Gasteiger partial charge in [0.1, 0.15) is 0 Å². The molecule has 0 spiro atoms. The molecule has 2 rings (SSSR count). The number of anilines is 1. The monoisotopic (exact) mass is 213 g/mol. The summed E-state index contributed by atoms with van der Waals surface area (Å²) >= 11 is 0. The first kappa shape index (κ1) is 10.6. The van der Waals surface area contributed by atoms with Gasteiger partial charge >= 0.3 is 0 Å². The Morgan fingerprint density at radius 2 is 1.69 bits per heavy atom. The summed E-state index contributed by atoms with van der Waals surface area (Å²) in [7, 11) is 0. The van der Waals surface area contributed by atoms with Gasteiger partial charge in [0, 0.05) is 5.56 Å². The number of aromatic nitrogens is 2. The fourth-order valence-corrected chi connectivity index (χ4v) is 2.16. The predicted octanol–water partition coefficient (Wildman–Crippen LogP) is 2.65. The van der Waals surface area contributed by atoms with E-state index in [-0.39, 0.29) is 0 Å². The van der Waals surface area contributed by atoms with E-state index in [1.165, 1.54) is 16.7 Å². The first-order valence-electron chi connectivity index (χ1n) is 5.25. The van der Waals surface area contributed by atoms with Gasteiger partial charge < -0.3 is 5.73 Å². The largest absolute Gasteiger partial charge is 0.382 e. The molecule has 0 saturated heterocycles. The number of nitrogens with zero attached hydrogens (tertiary/aromatic N) is 2. The van der Waals surface area contributed by atoms with Crippen molar-refractivity contribution in [3.05, 3.63) is 41.1 Å². The number of hydrogen-bond donors (Lipinski definition) is 1. The van der Waals surface area contributed by atoms with E-state index in [2.05, 4.69) is 43.1 Å². The standard InChI is InChI=1S/C13H15N3/c1-8-6-9(2)12(10(3)7-8)11-4-5-15-16-13(11)14/h4-7H,1-3H3,(H2,14,16). The Kier molecular flexibility index (Phi) is 2.60. The van der Waals surface area contributed by atoms with Crippen molar-refractivity contribution in [3.63, 3.8) is 0 Å². The summed E-state index contributed by atoms with van der Waals surface area (Å²) in [4.78, 5) is 0. The van der Waals surface area contributed by atoms with Crippen molar-refractivity contribution in [2.45, 2.75) is 20.8 Å². The van der Waals surface area contributed by atoms with E-state index in [4.69, 9.17) is 5.73 Å². The van der Waals surface area contributed by atoms with E-state index in [1.807, 2.05) is 6.07 Å². The molecule has 0 fully saturated rings. The van der Waals surface area contributed by atoms with Crippen molar-refractivity contribution in [1.82, 2.24) is 10.2 Å². The lowest BCUT2D eigenvalue weighted by atomic mass is 9.94. The summed E-state index contributed by atoms with van der Waals surface area (Å²) in [6, 6.07) is 6.22. The summed E-state index contributed by atoms with van der Waals surface area (Å²) in [6.45, 7) is 6.28. The molecule has 0 amide bonds. The topological polar surface area (TPSA) is 51.8 Å². The van der Waals surface area contributed by atoms with Gasteiger partial charge in [-0.1, -0.05) is 17.7 Å². The third kappa shape index (κ3) is 1.76. The van der Waals surface area contributed by atoms with Crippen molar-refractivity contribution >= 4 is 5.82 Å². The Morgan fingerprint density at radius 3 is 2.25 bits per heavy atom. The third-order valence-electron chi connectivity index (χ3n) is 2.70. The average molecular weight is 213 g/mol. The maximum absolute atomic E-state index is 5.85. The van der Waals surface area contributed by atoms with E-state index in [1.54, 1.807) is 6.20 Å². The molecule has 0 aliphatic heterocycles. The Morgan fingerprint density at radius 1 is 1.06 bits per heavy atom. The number of benzene rings is 1. The Balaban J connectivity index is 2.70. The van der Waals surface area contributed by atoms with Crippen molar-refractivity contribution in [2.75, 3.05) is 5.73 Å². The molecule has 0 aliphatic rings. The van der Waals surface area contributed by atoms with Gasteiger partial charge in [-0.3, -0.25) is 0 Å². The second-order valence-electron chi connectivity index (χ2n) is 4.10. The molecular formula is C13H15N3. The van der Waals surface area contributed by atoms with Crippen LogP contribution in [0.5, 0.6) is 0 Å². The molecule has 1 aromatic carbocycles. The van der Waals surface area contributed by atoms with Crippen LogP contribution < -0.4 is 5.73 Å². The second kappa shape index (κ2) is 3.93. The zero-order valence-corrected chi connectivity index (χ0v) is 9.78. The second-order valence-corrected chi connectivity index (χ2v) is 4.10. The van der Waals surface area contributed by atoms with Gasteiger partial charge in [0.25, 0.3) is 0 Å². The Labute approximate surface area is 95.3 Å². The van der Waals surface area contributed by atoms with Crippen LogP contribution in [0.25, 0.3) is 11.1 Å². The maximum atomic E-state index is 5.85. The molecule has 0 bridgehead atoms. The van der Waals surface area contributed by atoms with Crippen molar-refractivity contribution in [3.8, 4) is 11.1 Å². The van der Waals surface area contributed by atoms with E-state index < -0.39 is 0 Å². The van der Waals surface area contributed by atoms with Crippen LogP contribution in [-0.4, -0.2) is 10.2 Å². The lowest BCUT2D eigenvalue weighted by Crippen LogP contribution is -1.98. The van der Waals surface area contributed by atoms with Gasteiger partial charge in [0.05, 0.1) is 6.20 Å². The number of aryl methyl sites for hydroxylation is 3. The maximum Gasteiger partial charge on any atom is 0.153 e. The molecule has 0 unspecified atom stereocenters. The molecule has 3 heteroatoms. The van der Waals surface area contributed by atoms with Gasteiger partial charge in [-0.25, -0.2) is 0 Å². The minimum atomic E-state index is 0.484. The molecule has 0 saturated carbocycles. The molecule has 82 valence electrons. The normalized spacial score (nSPS) is 10.4. The summed E-state index contributed by atoms with van der Waals surface area (Å²) in [6.07, 6.45) is 1.67. The molecule has 16 heavy (non-hydrogen) atoms. The van der Waals surface area contributed by atoms with Gasteiger partial charge in [0.2, 0.25) is 0 Å². The highest BCUT2D eigenvalue weighted by atomic mass is 15.1. The molecule has 1 heterocycles. The summed E-state index contributed by atoms with van der Waals surface area (Å²) < 4.78 is 0. The smallest absolute Gasteiger partial charge is 0.153 e. The number of nitrogen functional groups attached to an aromatic ring is 1. The van der Waals surface area contributed by atoms with Crippen molar-refractivity contribution in [1.29, 1.82) is 0 Å². The van der Waals surface area contributed by atoms with Crippen LogP contribution in [0.2, 0.25) is 0 Å². The highest BCUT2D eigenvalue weighted by molar-refractivity contribution is 5.78. The zero-order chi connectivity index (χ0) is 11.7. The van der Waals surface area contributed by atoms with Crippen LogP contribution in [0.1, 0.15) is 16.7 Å². The van der Waals surface area contributed by atoms with Gasteiger partial charge in [-0.05, 0) is 43.5 Å². The Hall–Kier alpha value is -1.90. The molecular weight excluding hydrogens is 198 g/mol. The average Bonchev–Trinajstić information content (AvgIpc) is 2.19. The van der Waals surface area contributed by atoms with Crippen LogP contribution >= 0.6 is 0 Å². The molecule has 0 radical (unpaired) electrons. The molecule has 2 aromatic rings. The third-order valence-corrected chi connectivity index (χ3v) is 2.70. The van der Waals surface area contributed by atoms with Crippen LogP contribution in [0.4, 0.5) is 5.82 Å². The summed E-state index contributed by atoms with van der Waals surface area (Å²) in [5, 5.41) is 7.66. The fourth-order valence-electron chi connectivity index (χ4n) is 2.16. The summed E-state index contributed by atoms with van der Waals surface area (Å²) in [5.74, 6) is 0.484. The van der Waals surface area contributed by atoms with Crippen LogP contribution in [0, 0.1) is 20.8 Å². The fraction of sp³-hybridized carbons (Fsp3) is 0.231. The number of nitrogens with two attached hydrogens (primary N) is 1. The zero-order valence-electron chi connectivity index (χ0n) is 9.78. The highest BCUT2D eigenvalue weighted by Gasteiger charge is 2.09. The SMILES string of the molecule is Cc1cc(C)c(-c2ccnnc2N)c(C)c1. The van der Waals surface area contributed by atoms with Crippen molar-refractivity contribution in [2.24, 2.45) is 0 Å².